The molecule has 1 N–H and O–H groups in total. The zero-order chi connectivity index (χ0) is 13.0. The van der Waals surface area contributed by atoms with Crippen molar-refractivity contribution in [2.24, 2.45) is 5.92 Å². The molecule has 0 saturated heterocycles. The van der Waals surface area contributed by atoms with Crippen LogP contribution in [0.15, 0.2) is 15.9 Å². The number of hydrogen-bond acceptors (Lipinski definition) is 3. The highest BCUT2D eigenvalue weighted by Crippen LogP contribution is 2.30. The molecule has 3 nitrogen and oxygen atoms in total. The van der Waals surface area contributed by atoms with Crippen molar-refractivity contribution < 1.29 is 9.90 Å². The number of thiophene rings is 1. The molecule has 5 heteroatoms. The van der Waals surface area contributed by atoms with Gasteiger partial charge < -0.3 is 5.11 Å². The third kappa shape index (κ3) is 4.08. The summed E-state index contributed by atoms with van der Waals surface area (Å²) in [6.07, 6.45) is 0. The maximum Gasteiger partial charge on any atom is 0.307 e. The van der Waals surface area contributed by atoms with E-state index in [0.717, 1.165) is 10.3 Å². The molecule has 1 heterocycles. The zero-order valence-electron chi connectivity index (χ0n) is 10.3. The largest absolute Gasteiger partial charge is 0.481 e. The van der Waals surface area contributed by atoms with Crippen molar-refractivity contribution in [3.05, 3.63) is 20.8 Å². The summed E-state index contributed by atoms with van der Waals surface area (Å²) in [6, 6.07) is 4.39. The Morgan fingerprint density at radius 1 is 1.53 bits per heavy atom. The van der Waals surface area contributed by atoms with Crippen LogP contribution >= 0.6 is 27.3 Å². The second kappa shape index (κ2) is 6.52. The highest BCUT2D eigenvalue weighted by atomic mass is 79.9. The SMILES string of the molecule is CCN(CC(C)C(=O)O)C(C)c1ccc(Br)s1. The molecule has 0 spiro atoms. The lowest BCUT2D eigenvalue weighted by Gasteiger charge is -2.28. The Bertz CT molecular complexity index is 380. The van der Waals surface area contributed by atoms with Gasteiger partial charge in [0.25, 0.3) is 0 Å². The normalized spacial score (nSPS) is 14.9. The van der Waals surface area contributed by atoms with Gasteiger partial charge in [-0.05, 0) is 41.5 Å². The zero-order valence-corrected chi connectivity index (χ0v) is 12.7. The van der Waals surface area contributed by atoms with Crippen LogP contribution in [0.3, 0.4) is 0 Å². The van der Waals surface area contributed by atoms with Crippen molar-refractivity contribution in [2.45, 2.75) is 26.8 Å². The molecule has 96 valence electrons. The summed E-state index contributed by atoms with van der Waals surface area (Å²) in [5, 5.41) is 8.95. The molecule has 0 aromatic carbocycles. The first kappa shape index (κ1) is 14.7. The summed E-state index contributed by atoms with van der Waals surface area (Å²) < 4.78 is 1.11. The fourth-order valence-corrected chi connectivity index (χ4v) is 3.23. The topological polar surface area (TPSA) is 40.5 Å². The Morgan fingerprint density at radius 3 is 2.59 bits per heavy atom. The number of carboxylic acid groups (broad SMARTS) is 1. The van der Waals surface area contributed by atoms with Gasteiger partial charge in [0.2, 0.25) is 0 Å². The van der Waals surface area contributed by atoms with Gasteiger partial charge in [0, 0.05) is 17.5 Å². The second-order valence-corrected chi connectivity index (χ2v) is 6.64. The molecule has 17 heavy (non-hydrogen) atoms. The standard InChI is InChI=1S/C12H18BrNO2S/c1-4-14(7-8(2)12(15)16)9(3)10-5-6-11(13)17-10/h5-6,8-9H,4,7H2,1-3H3,(H,15,16). The van der Waals surface area contributed by atoms with Crippen molar-refractivity contribution in [1.82, 2.24) is 4.90 Å². The van der Waals surface area contributed by atoms with E-state index in [1.165, 1.54) is 4.88 Å². The van der Waals surface area contributed by atoms with Crippen molar-refractivity contribution >= 4 is 33.2 Å². The van der Waals surface area contributed by atoms with Gasteiger partial charge in [-0.25, -0.2) is 0 Å². The number of rotatable bonds is 6. The van der Waals surface area contributed by atoms with Crippen LogP contribution in [0.2, 0.25) is 0 Å². The van der Waals surface area contributed by atoms with Crippen molar-refractivity contribution in [3.63, 3.8) is 0 Å². The molecule has 0 bridgehead atoms. The van der Waals surface area contributed by atoms with Crippen LogP contribution in [0.25, 0.3) is 0 Å². The molecule has 0 aliphatic carbocycles. The van der Waals surface area contributed by atoms with Crippen LogP contribution in [0, 0.1) is 5.92 Å². The molecule has 1 aromatic rings. The van der Waals surface area contributed by atoms with Crippen LogP contribution < -0.4 is 0 Å². The molecule has 1 aromatic heterocycles. The summed E-state index contributed by atoms with van der Waals surface area (Å²) in [6.45, 7) is 7.38. The highest BCUT2D eigenvalue weighted by Gasteiger charge is 2.21. The minimum Gasteiger partial charge on any atom is -0.481 e. The fourth-order valence-electron chi connectivity index (χ4n) is 1.72. The summed E-state index contributed by atoms with van der Waals surface area (Å²) in [4.78, 5) is 14.3. The minimum atomic E-state index is -0.733. The number of halogens is 1. The van der Waals surface area contributed by atoms with Gasteiger partial charge in [-0.15, -0.1) is 11.3 Å². The number of hydrogen-bond donors (Lipinski definition) is 1. The molecule has 0 saturated carbocycles. The van der Waals surface area contributed by atoms with Gasteiger partial charge in [-0.1, -0.05) is 13.8 Å². The van der Waals surface area contributed by atoms with Crippen LogP contribution in [0.4, 0.5) is 0 Å². The molecule has 0 aliphatic rings. The summed E-state index contributed by atoms with van der Waals surface area (Å²) in [5.74, 6) is -1.07. The number of nitrogens with zero attached hydrogens (tertiary/aromatic N) is 1. The smallest absolute Gasteiger partial charge is 0.307 e. The number of carbonyl (C=O) groups is 1. The monoisotopic (exact) mass is 319 g/mol. The van der Waals surface area contributed by atoms with Crippen molar-refractivity contribution in [1.29, 1.82) is 0 Å². The maximum absolute atomic E-state index is 10.9. The maximum atomic E-state index is 10.9. The molecule has 0 radical (unpaired) electrons. The van der Waals surface area contributed by atoms with E-state index in [0.29, 0.717) is 6.54 Å². The van der Waals surface area contributed by atoms with E-state index in [4.69, 9.17) is 5.11 Å². The number of aliphatic carboxylic acids is 1. The average molecular weight is 320 g/mol. The quantitative estimate of drug-likeness (QED) is 0.870. The third-order valence-electron chi connectivity index (χ3n) is 2.89. The van der Waals surface area contributed by atoms with Crippen LogP contribution in [0.5, 0.6) is 0 Å². The average Bonchev–Trinajstić information content (AvgIpc) is 2.71. The van der Waals surface area contributed by atoms with Gasteiger partial charge in [0.15, 0.2) is 0 Å². The van der Waals surface area contributed by atoms with E-state index in [1.807, 2.05) is 6.07 Å². The first-order chi connectivity index (χ1) is 7.95. The van der Waals surface area contributed by atoms with Crippen LogP contribution in [-0.2, 0) is 4.79 Å². The van der Waals surface area contributed by atoms with E-state index in [9.17, 15) is 4.79 Å². The summed E-state index contributed by atoms with van der Waals surface area (Å²) in [5.41, 5.74) is 0. The molecular weight excluding hydrogens is 302 g/mol. The van der Waals surface area contributed by atoms with E-state index in [-0.39, 0.29) is 12.0 Å². The van der Waals surface area contributed by atoms with Gasteiger partial charge in [0.05, 0.1) is 9.70 Å². The Labute approximate surface area is 115 Å². The molecule has 0 fully saturated rings. The predicted molar refractivity (Wildman–Crippen MR) is 74.5 cm³/mol. The van der Waals surface area contributed by atoms with E-state index in [2.05, 4.69) is 40.7 Å². The van der Waals surface area contributed by atoms with Gasteiger partial charge in [-0.2, -0.15) is 0 Å². The molecule has 2 atom stereocenters. The molecule has 0 aliphatic heterocycles. The Balaban J connectivity index is 2.70. The molecule has 0 amide bonds. The van der Waals surface area contributed by atoms with E-state index < -0.39 is 5.97 Å². The second-order valence-electron chi connectivity index (χ2n) is 4.14. The van der Waals surface area contributed by atoms with Crippen molar-refractivity contribution in [3.8, 4) is 0 Å². The van der Waals surface area contributed by atoms with Gasteiger partial charge >= 0.3 is 5.97 Å². The lowest BCUT2D eigenvalue weighted by atomic mass is 10.1. The van der Waals surface area contributed by atoms with Crippen LogP contribution in [0.1, 0.15) is 31.7 Å². The molecule has 2 unspecified atom stereocenters. The lowest BCUT2D eigenvalue weighted by Crippen LogP contribution is -2.33. The molecular formula is C12H18BrNO2S. The number of carboxylic acids is 1. The highest BCUT2D eigenvalue weighted by molar-refractivity contribution is 9.11. The fraction of sp³-hybridized carbons (Fsp3) is 0.583. The summed E-state index contributed by atoms with van der Waals surface area (Å²) >= 11 is 5.15. The summed E-state index contributed by atoms with van der Waals surface area (Å²) in [7, 11) is 0. The van der Waals surface area contributed by atoms with Gasteiger partial charge in [0.1, 0.15) is 0 Å². The van der Waals surface area contributed by atoms with Crippen molar-refractivity contribution in [2.75, 3.05) is 13.1 Å². The third-order valence-corrected chi connectivity index (χ3v) is 4.68. The predicted octanol–water partition coefficient (Wildman–Crippen LogP) is 3.61. The lowest BCUT2D eigenvalue weighted by molar-refractivity contribution is -0.141. The Kier molecular flexibility index (Phi) is 5.62. The van der Waals surface area contributed by atoms with Gasteiger partial charge in [-0.3, -0.25) is 9.69 Å². The Hall–Kier alpha value is -0.390. The Morgan fingerprint density at radius 2 is 2.18 bits per heavy atom. The van der Waals surface area contributed by atoms with Crippen LogP contribution in [-0.4, -0.2) is 29.1 Å². The minimum absolute atomic E-state index is 0.262. The first-order valence-corrected chi connectivity index (χ1v) is 7.28. The van der Waals surface area contributed by atoms with E-state index in [1.54, 1.807) is 18.3 Å². The van der Waals surface area contributed by atoms with E-state index >= 15 is 0 Å². The first-order valence-electron chi connectivity index (χ1n) is 5.67. The molecule has 1 rings (SSSR count).